The molecule has 130 valence electrons. The molecule has 0 aliphatic rings. The summed E-state index contributed by atoms with van der Waals surface area (Å²) in [5.41, 5.74) is 1.10. The van der Waals surface area contributed by atoms with Gasteiger partial charge in [-0.1, -0.05) is 19.1 Å². The van der Waals surface area contributed by atoms with Gasteiger partial charge in [0, 0.05) is 44.3 Å². The van der Waals surface area contributed by atoms with Crippen LogP contribution in [0, 0.1) is 0 Å². The average Bonchev–Trinajstić information content (AvgIpc) is 3.13. The van der Waals surface area contributed by atoms with E-state index in [2.05, 4.69) is 51.7 Å². The Hall–Kier alpha value is -2.08. The zero-order valence-electron chi connectivity index (χ0n) is 14.7. The van der Waals surface area contributed by atoms with Gasteiger partial charge < -0.3 is 15.0 Å². The van der Waals surface area contributed by atoms with Gasteiger partial charge in [0.1, 0.15) is 0 Å². The number of aromatic nitrogens is 1. The quantitative estimate of drug-likeness (QED) is 0.589. The van der Waals surface area contributed by atoms with Gasteiger partial charge in [-0.3, -0.25) is 4.99 Å². The maximum Gasteiger partial charge on any atom is 0.213 e. The van der Waals surface area contributed by atoms with Crippen LogP contribution in [0.5, 0.6) is 5.88 Å². The predicted molar refractivity (Wildman–Crippen MR) is 101 cm³/mol. The second-order valence-electron chi connectivity index (χ2n) is 5.50. The van der Waals surface area contributed by atoms with Crippen molar-refractivity contribution in [2.45, 2.75) is 26.3 Å². The molecule has 0 amide bonds. The van der Waals surface area contributed by atoms with Gasteiger partial charge in [-0.25, -0.2) is 4.98 Å². The molecule has 6 heteroatoms. The zero-order valence-corrected chi connectivity index (χ0v) is 15.5. The Bertz CT molecular complexity index is 610. The molecule has 0 aromatic carbocycles. The monoisotopic (exact) mass is 346 g/mol. The summed E-state index contributed by atoms with van der Waals surface area (Å²) in [6.45, 7) is 4.41. The van der Waals surface area contributed by atoms with E-state index >= 15 is 0 Å². The summed E-state index contributed by atoms with van der Waals surface area (Å²) < 4.78 is 5.50. The van der Waals surface area contributed by atoms with Crippen LogP contribution < -0.4 is 10.1 Å². The fourth-order valence-electron chi connectivity index (χ4n) is 2.21. The Labute approximate surface area is 148 Å². The molecule has 2 heterocycles. The van der Waals surface area contributed by atoms with Gasteiger partial charge in [0.05, 0.1) is 6.61 Å². The number of thiophene rings is 1. The van der Waals surface area contributed by atoms with E-state index in [1.54, 1.807) is 11.3 Å². The van der Waals surface area contributed by atoms with Crippen molar-refractivity contribution in [2.75, 3.05) is 27.2 Å². The fraction of sp³-hybridized carbons (Fsp3) is 0.444. The molecular weight excluding hydrogens is 320 g/mol. The molecule has 2 rings (SSSR count). The Morgan fingerprint density at radius 1 is 1.38 bits per heavy atom. The minimum atomic E-state index is 0.679. The van der Waals surface area contributed by atoms with Gasteiger partial charge in [0.15, 0.2) is 5.96 Å². The van der Waals surface area contributed by atoms with Gasteiger partial charge >= 0.3 is 0 Å². The number of hydrogen-bond acceptors (Lipinski definition) is 4. The molecule has 1 N–H and O–H groups in total. The molecule has 5 nitrogen and oxygen atoms in total. The summed E-state index contributed by atoms with van der Waals surface area (Å²) in [5.74, 6) is 1.57. The first-order valence-corrected chi connectivity index (χ1v) is 9.12. The highest BCUT2D eigenvalue weighted by atomic mass is 32.1. The van der Waals surface area contributed by atoms with Crippen molar-refractivity contribution in [1.82, 2.24) is 15.2 Å². The Kier molecular flexibility index (Phi) is 7.55. The lowest BCUT2D eigenvalue weighted by molar-refractivity contribution is 0.305. The molecule has 2 aromatic rings. The number of rotatable bonds is 8. The number of guanidine groups is 1. The lowest BCUT2D eigenvalue weighted by Crippen LogP contribution is -2.39. The summed E-state index contributed by atoms with van der Waals surface area (Å²) in [6, 6.07) is 8.20. The van der Waals surface area contributed by atoms with Gasteiger partial charge in [-0.15, -0.1) is 11.3 Å². The van der Waals surface area contributed by atoms with Gasteiger partial charge in [-0.05, 0) is 29.9 Å². The maximum absolute atomic E-state index is 5.50. The van der Waals surface area contributed by atoms with E-state index in [0.717, 1.165) is 30.9 Å². The van der Waals surface area contributed by atoms with E-state index < -0.39 is 0 Å². The molecule has 0 saturated carbocycles. The third kappa shape index (κ3) is 5.85. The molecule has 0 spiro atoms. The van der Waals surface area contributed by atoms with Crippen molar-refractivity contribution in [3.63, 3.8) is 0 Å². The third-order valence-electron chi connectivity index (χ3n) is 3.55. The molecule has 0 bridgehead atoms. The van der Waals surface area contributed by atoms with Crippen molar-refractivity contribution >= 4 is 17.3 Å². The number of aliphatic imine (C=N–C) groups is 1. The van der Waals surface area contributed by atoms with Crippen molar-refractivity contribution < 1.29 is 4.74 Å². The normalized spacial score (nSPS) is 11.4. The first-order valence-electron chi connectivity index (χ1n) is 8.24. The highest BCUT2D eigenvalue weighted by molar-refractivity contribution is 7.09. The molecule has 0 aliphatic carbocycles. The Balaban J connectivity index is 1.79. The third-order valence-corrected chi connectivity index (χ3v) is 4.49. The van der Waals surface area contributed by atoms with Crippen molar-refractivity contribution in [3.8, 4) is 5.88 Å². The molecule has 0 fully saturated rings. The highest BCUT2D eigenvalue weighted by Crippen LogP contribution is 2.10. The van der Waals surface area contributed by atoms with Crippen LogP contribution in [0.1, 0.15) is 23.8 Å². The summed E-state index contributed by atoms with van der Waals surface area (Å²) in [4.78, 5) is 12.2. The topological polar surface area (TPSA) is 49.8 Å². The average molecular weight is 346 g/mol. The van der Waals surface area contributed by atoms with Crippen LogP contribution in [0.25, 0.3) is 0 Å². The molecule has 2 aromatic heterocycles. The first-order chi connectivity index (χ1) is 11.7. The van der Waals surface area contributed by atoms with E-state index in [0.29, 0.717) is 19.0 Å². The van der Waals surface area contributed by atoms with Crippen LogP contribution in [0.15, 0.2) is 40.8 Å². The van der Waals surface area contributed by atoms with Crippen LogP contribution >= 0.6 is 11.3 Å². The largest absolute Gasteiger partial charge is 0.478 e. The van der Waals surface area contributed by atoms with Crippen LogP contribution in [0.3, 0.4) is 0 Å². The summed E-state index contributed by atoms with van der Waals surface area (Å²) >= 11 is 1.79. The minimum absolute atomic E-state index is 0.679. The van der Waals surface area contributed by atoms with Crippen LogP contribution in [0.4, 0.5) is 0 Å². The summed E-state index contributed by atoms with van der Waals surface area (Å²) in [5, 5.41) is 5.49. The number of nitrogens with one attached hydrogen (secondary N) is 1. The number of ether oxygens (including phenoxy) is 1. The molecule has 0 atom stereocenters. The number of likely N-dealkylation sites (N-methyl/N-ethyl adjacent to an activating group) is 1. The molecule has 0 aliphatic heterocycles. The number of pyridine rings is 1. The molecule has 0 saturated heterocycles. The Morgan fingerprint density at radius 2 is 2.25 bits per heavy atom. The van der Waals surface area contributed by atoms with E-state index in [9.17, 15) is 0 Å². The molecule has 0 radical (unpaired) electrons. The van der Waals surface area contributed by atoms with E-state index in [-0.39, 0.29) is 0 Å². The maximum atomic E-state index is 5.50. The van der Waals surface area contributed by atoms with E-state index in [1.165, 1.54) is 4.88 Å². The van der Waals surface area contributed by atoms with Gasteiger partial charge in [0.2, 0.25) is 5.88 Å². The van der Waals surface area contributed by atoms with Crippen LogP contribution in [-0.4, -0.2) is 43.1 Å². The van der Waals surface area contributed by atoms with Crippen molar-refractivity contribution in [2.24, 2.45) is 4.99 Å². The highest BCUT2D eigenvalue weighted by Gasteiger charge is 2.06. The predicted octanol–water partition coefficient (Wildman–Crippen LogP) is 3.18. The molecule has 0 unspecified atom stereocenters. The summed E-state index contributed by atoms with van der Waals surface area (Å²) in [6.07, 6.45) is 3.86. The van der Waals surface area contributed by atoms with Crippen LogP contribution in [-0.2, 0) is 13.0 Å². The van der Waals surface area contributed by atoms with E-state index in [1.807, 2.05) is 25.4 Å². The number of nitrogens with zero attached hydrogens (tertiary/aromatic N) is 3. The Morgan fingerprint density at radius 3 is 2.88 bits per heavy atom. The van der Waals surface area contributed by atoms with Crippen molar-refractivity contribution in [3.05, 3.63) is 46.3 Å². The van der Waals surface area contributed by atoms with Gasteiger partial charge in [-0.2, -0.15) is 0 Å². The fourth-order valence-corrected chi connectivity index (χ4v) is 2.91. The molecular formula is C18H26N4OS. The SMILES string of the molecule is CCCOc1ccc(CNC(=NC)N(C)CCc2cccs2)cn1. The summed E-state index contributed by atoms with van der Waals surface area (Å²) in [7, 11) is 3.87. The minimum Gasteiger partial charge on any atom is -0.478 e. The van der Waals surface area contributed by atoms with E-state index in [4.69, 9.17) is 4.74 Å². The van der Waals surface area contributed by atoms with Gasteiger partial charge in [0.25, 0.3) is 0 Å². The standard InChI is InChI=1S/C18H26N4OS/c1-4-11-23-17-8-7-15(13-20-17)14-21-18(19-2)22(3)10-9-16-6-5-12-24-16/h5-8,12-13H,4,9-11,14H2,1-3H3,(H,19,21). The second-order valence-corrected chi connectivity index (χ2v) is 6.54. The van der Waals surface area contributed by atoms with Crippen molar-refractivity contribution in [1.29, 1.82) is 0 Å². The zero-order chi connectivity index (χ0) is 17.2. The first kappa shape index (κ1) is 18.3. The molecule has 24 heavy (non-hydrogen) atoms. The van der Waals surface area contributed by atoms with Crippen LogP contribution in [0.2, 0.25) is 0 Å². The lowest BCUT2D eigenvalue weighted by Gasteiger charge is -2.21. The second kappa shape index (κ2) is 9.93. The number of hydrogen-bond donors (Lipinski definition) is 1. The lowest BCUT2D eigenvalue weighted by atomic mass is 10.3. The smallest absolute Gasteiger partial charge is 0.213 e.